The van der Waals surface area contributed by atoms with Crippen LogP contribution in [0, 0.1) is 0 Å². The molecule has 1 atom stereocenters. The molecule has 0 amide bonds. The molecule has 1 heterocycles. The van der Waals surface area contributed by atoms with Crippen LogP contribution in [-0.2, 0) is 0 Å². The molecule has 2 rings (SSSR count). The maximum Gasteiger partial charge on any atom is 0.0305 e. The van der Waals surface area contributed by atoms with E-state index >= 15 is 0 Å². The molecule has 0 aliphatic carbocycles. The predicted molar refractivity (Wildman–Crippen MR) is 63.2 cm³/mol. The molecular formula is C13H16N2. The second-order valence-electron chi connectivity index (χ2n) is 3.42. The summed E-state index contributed by atoms with van der Waals surface area (Å²) < 4.78 is 0. The largest absolute Gasteiger partial charge is 0.344 e. The maximum atomic E-state index is 4.13. The summed E-state index contributed by atoms with van der Waals surface area (Å²) in [5.74, 6) is 0.421. The molecule has 1 aromatic carbocycles. The van der Waals surface area contributed by atoms with Gasteiger partial charge in [0.05, 0.1) is 0 Å². The summed E-state index contributed by atoms with van der Waals surface area (Å²) in [6.07, 6.45) is 3.74. The third-order valence-corrected chi connectivity index (χ3v) is 2.48. The van der Waals surface area contributed by atoms with Crippen LogP contribution in [0.3, 0.4) is 0 Å². The van der Waals surface area contributed by atoms with Gasteiger partial charge >= 0.3 is 0 Å². The second-order valence-corrected chi connectivity index (χ2v) is 3.42. The van der Waals surface area contributed by atoms with Gasteiger partial charge < -0.3 is 6.15 Å². The fourth-order valence-electron chi connectivity index (χ4n) is 1.57. The van der Waals surface area contributed by atoms with Gasteiger partial charge in [0.2, 0.25) is 0 Å². The average Bonchev–Trinajstić information content (AvgIpc) is 2.30. The van der Waals surface area contributed by atoms with E-state index in [2.05, 4.69) is 42.2 Å². The minimum atomic E-state index is 0. The molecule has 3 N–H and O–H groups in total. The van der Waals surface area contributed by atoms with E-state index in [-0.39, 0.29) is 6.15 Å². The fourth-order valence-corrected chi connectivity index (χ4v) is 1.57. The highest BCUT2D eigenvalue weighted by molar-refractivity contribution is 5.29. The molecule has 0 aliphatic rings. The van der Waals surface area contributed by atoms with Gasteiger partial charge in [0.1, 0.15) is 0 Å². The van der Waals surface area contributed by atoms with Crippen molar-refractivity contribution in [3.63, 3.8) is 0 Å². The van der Waals surface area contributed by atoms with Crippen LogP contribution in [0.4, 0.5) is 0 Å². The summed E-state index contributed by atoms with van der Waals surface area (Å²) in [4.78, 5) is 4.13. The highest BCUT2D eigenvalue weighted by atomic mass is 14.6. The van der Waals surface area contributed by atoms with Crippen LogP contribution in [0.1, 0.15) is 24.0 Å². The van der Waals surface area contributed by atoms with Crippen molar-refractivity contribution in [2.24, 2.45) is 0 Å². The van der Waals surface area contributed by atoms with E-state index in [0.717, 1.165) is 0 Å². The number of aromatic nitrogens is 1. The number of hydrogen-bond donors (Lipinski definition) is 1. The molecule has 0 saturated heterocycles. The van der Waals surface area contributed by atoms with Crippen molar-refractivity contribution in [1.82, 2.24) is 11.1 Å². The molecule has 0 spiro atoms. The molecule has 0 saturated carbocycles. The Morgan fingerprint density at radius 1 is 0.933 bits per heavy atom. The maximum absolute atomic E-state index is 4.13. The first-order valence-corrected chi connectivity index (χ1v) is 4.83. The van der Waals surface area contributed by atoms with Crippen molar-refractivity contribution >= 4 is 0 Å². The summed E-state index contributed by atoms with van der Waals surface area (Å²) in [6, 6.07) is 14.6. The average molecular weight is 200 g/mol. The number of benzene rings is 1. The first-order valence-electron chi connectivity index (χ1n) is 4.83. The summed E-state index contributed by atoms with van der Waals surface area (Å²) in [7, 11) is 0. The molecule has 0 fully saturated rings. The van der Waals surface area contributed by atoms with E-state index in [4.69, 9.17) is 0 Å². The zero-order valence-electron chi connectivity index (χ0n) is 8.93. The molecule has 2 nitrogen and oxygen atoms in total. The molecule has 0 aliphatic heterocycles. The van der Waals surface area contributed by atoms with Gasteiger partial charge in [0, 0.05) is 18.3 Å². The normalized spacial score (nSPS) is 11.5. The van der Waals surface area contributed by atoms with E-state index in [0.29, 0.717) is 5.92 Å². The Bertz CT molecular complexity index is 344. The first-order chi connectivity index (χ1) is 6.88. The zero-order valence-corrected chi connectivity index (χ0v) is 8.93. The minimum absolute atomic E-state index is 0. The Balaban J connectivity index is 0.00000112. The van der Waals surface area contributed by atoms with Crippen molar-refractivity contribution in [3.8, 4) is 0 Å². The zero-order chi connectivity index (χ0) is 9.80. The van der Waals surface area contributed by atoms with Gasteiger partial charge in [-0.05, 0) is 17.2 Å². The second kappa shape index (κ2) is 5.27. The van der Waals surface area contributed by atoms with Gasteiger partial charge in [-0.2, -0.15) is 0 Å². The predicted octanol–water partition coefficient (Wildman–Crippen LogP) is 3.40. The van der Waals surface area contributed by atoms with Crippen molar-refractivity contribution in [3.05, 3.63) is 66.0 Å². The van der Waals surface area contributed by atoms with E-state index in [9.17, 15) is 0 Å². The molecule has 1 unspecified atom stereocenters. The van der Waals surface area contributed by atoms with Crippen LogP contribution in [0.5, 0.6) is 0 Å². The lowest BCUT2D eigenvalue weighted by Gasteiger charge is -2.10. The lowest BCUT2D eigenvalue weighted by atomic mass is 9.95. The molecule has 2 heteroatoms. The van der Waals surface area contributed by atoms with Crippen LogP contribution in [0.25, 0.3) is 0 Å². The highest BCUT2D eigenvalue weighted by Crippen LogP contribution is 2.22. The van der Waals surface area contributed by atoms with Crippen LogP contribution in [0.2, 0.25) is 0 Å². The van der Waals surface area contributed by atoms with Crippen molar-refractivity contribution in [1.29, 1.82) is 0 Å². The number of rotatable bonds is 2. The highest BCUT2D eigenvalue weighted by Gasteiger charge is 2.06. The van der Waals surface area contributed by atoms with E-state index in [1.54, 1.807) is 6.20 Å². The minimum Gasteiger partial charge on any atom is -0.344 e. The molecule has 0 radical (unpaired) electrons. The van der Waals surface area contributed by atoms with E-state index < -0.39 is 0 Å². The molecule has 0 bridgehead atoms. The van der Waals surface area contributed by atoms with Gasteiger partial charge in [0.15, 0.2) is 0 Å². The molecule has 1 aromatic heterocycles. The van der Waals surface area contributed by atoms with Gasteiger partial charge in [-0.25, -0.2) is 0 Å². The molecule has 78 valence electrons. The van der Waals surface area contributed by atoms with Gasteiger partial charge in [-0.3, -0.25) is 4.98 Å². The van der Waals surface area contributed by atoms with Gasteiger partial charge in [-0.1, -0.05) is 43.3 Å². The Morgan fingerprint density at radius 2 is 1.60 bits per heavy atom. The number of pyridine rings is 1. The van der Waals surface area contributed by atoms with Crippen molar-refractivity contribution in [2.45, 2.75) is 12.8 Å². The summed E-state index contributed by atoms with van der Waals surface area (Å²) in [5.41, 5.74) is 2.60. The fraction of sp³-hybridized carbons (Fsp3) is 0.154. The number of nitrogens with zero attached hydrogens (tertiary/aromatic N) is 1. The van der Waals surface area contributed by atoms with Crippen LogP contribution in [-0.4, -0.2) is 4.98 Å². The van der Waals surface area contributed by atoms with E-state index in [1.807, 2.05) is 18.3 Å². The van der Waals surface area contributed by atoms with Crippen LogP contribution >= 0.6 is 0 Å². The smallest absolute Gasteiger partial charge is 0.0305 e. The molecule has 15 heavy (non-hydrogen) atoms. The first kappa shape index (κ1) is 11.4. The Labute approximate surface area is 90.6 Å². The number of hydrogen-bond acceptors (Lipinski definition) is 2. The summed E-state index contributed by atoms with van der Waals surface area (Å²) in [5, 5.41) is 0. The Hall–Kier alpha value is -1.67. The monoisotopic (exact) mass is 200 g/mol. The quantitative estimate of drug-likeness (QED) is 0.807. The van der Waals surface area contributed by atoms with Crippen molar-refractivity contribution in [2.75, 3.05) is 0 Å². The SMILES string of the molecule is CC(c1ccccc1)c1cccnc1.N. The van der Waals surface area contributed by atoms with Crippen LogP contribution < -0.4 is 6.15 Å². The van der Waals surface area contributed by atoms with Gasteiger partial charge in [-0.15, -0.1) is 0 Å². The Kier molecular flexibility index (Phi) is 4.01. The standard InChI is InChI=1S/C13H13N.H3N/c1-11(12-6-3-2-4-7-12)13-8-5-9-14-10-13;/h2-11H,1H3;1H3. The van der Waals surface area contributed by atoms with E-state index in [1.165, 1.54) is 11.1 Å². The summed E-state index contributed by atoms with van der Waals surface area (Å²) >= 11 is 0. The lowest BCUT2D eigenvalue weighted by molar-refractivity contribution is 0.911. The van der Waals surface area contributed by atoms with Crippen LogP contribution in [0.15, 0.2) is 54.9 Å². The molecule has 2 aromatic rings. The lowest BCUT2D eigenvalue weighted by Crippen LogP contribution is -1.95. The Morgan fingerprint density at radius 3 is 2.20 bits per heavy atom. The molecular weight excluding hydrogens is 184 g/mol. The topological polar surface area (TPSA) is 47.9 Å². The third kappa shape index (κ3) is 2.64. The summed E-state index contributed by atoms with van der Waals surface area (Å²) in [6.45, 7) is 2.20. The van der Waals surface area contributed by atoms with Crippen molar-refractivity contribution < 1.29 is 0 Å². The van der Waals surface area contributed by atoms with Gasteiger partial charge in [0.25, 0.3) is 0 Å². The third-order valence-electron chi connectivity index (χ3n) is 2.48.